The van der Waals surface area contributed by atoms with Gasteiger partial charge in [0.2, 0.25) is 5.91 Å². The first-order valence-corrected chi connectivity index (χ1v) is 12.0. The molecule has 3 aromatic rings. The molecule has 0 saturated carbocycles. The molecule has 3 rings (SSSR count). The number of halogens is 1. The zero-order valence-corrected chi connectivity index (χ0v) is 20.5. The fourth-order valence-corrected chi connectivity index (χ4v) is 4.08. The molecule has 0 bridgehead atoms. The van der Waals surface area contributed by atoms with Crippen LogP contribution in [-0.2, 0) is 11.3 Å². The van der Waals surface area contributed by atoms with E-state index in [1.165, 1.54) is 11.8 Å². The van der Waals surface area contributed by atoms with Crippen molar-refractivity contribution in [3.8, 4) is 5.75 Å². The van der Waals surface area contributed by atoms with Crippen LogP contribution >= 0.6 is 23.4 Å². The molecule has 8 nitrogen and oxygen atoms in total. The third kappa shape index (κ3) is 6.85. The number of amides is 2. The number of hydrogen-bond donors (Lipinski definition) is 2. The van der Waals surface area contributed by atoms with Crippen LogP contribution in [0.15, 0.2) is 66.3 Å². The van der Waals surface area contributed by atoms with Gasteiger partial charge in [0, 0.05) is 22.8 Å². The van der Waals surface area contributed by atoms with E-state index in [1.54, 1.807) is 54.6 Å². The van der Waals surface area contributed by atoms with Crippen LogP contribution in [0.4, 0.5) is 5.69 Å². The molecular formula is C24H26ClN5O3S. The van der Waals surface area contributed by atoms with E-state index in [0.717, 1.165) is 5.75 Å². The lowest BCUT2D eigenvalue weighted by molar-refractivity contribution is -0.113. The molecule has 0 spiro atoms. The highest BCUT2D eigenvalue weighted by atomic mass is 35.5. The van der Waals surface area contributed by atoms with Crippen molar-refractivity contribution in [2.24, 2.45) is 0 Å². The van der Waals surface area contributed by atoms with Crippen molar-refractivity contribution >= 4 is 40.9 Å². The molecule has 0 fully saturated rings. The second-order valence-corrected chi connectivity index (χ2v) is 8.62. The Labute approximate surface area is 207 Å². The van der Waals surface area contributed by atoms with Crippen LogP contribution < -0.4 is 15.4 Å². The van der Waals surface area contributed by atoms with Gasteiger partial charge in [-0.2, -0.15) is 0 Å². The van der Waals surface area contributed by atoms with E-state index in [1.807, 2.05) is 18.4 Å². The molecule has 178 valence electrons. The first-order chi connectivity index (χ1) is 16.4. The zero-order chi connectivity index (χ0) is 24.5. The van der Waals surface area contributed by atoms with Gasteiger partial charge in [-0.3, -0.25) is 9.59 Å². The van der Waals surface area contributed by atoms with Crippen molar-refractivity contribution in [1.82, 2.24) is 20.1 Å². The molecule has 0 aliphatic heterocycles. The second-order valence-electron chi connectivity index (χ2n) is 7.24. The SMILES string of the molecule is C=CCn1c(SCC(=O)Nc2ccc(OCC)cc2)nnc1C(C)NC(=O)c1cccc(Cl)c1. The fourth-order valence-electron chi connectivity index (χ4n) is 3.13. The lowest BCUT2D eigenvalue weighted by atomic mass is 10.2. The Balaban J connectivity index is 1.63. The fraction of sp³-hybridized carbons (Fsp3) is 0.250. The van der Waals surface area contributed by atoms with Crippen LogP contribution in [0.3, 0.4) is 0 Å². The van der Waals surface area contributed by atoms with Crippen molar-refractivity contribution in [2.75, 3.05) is 17.7 Å². The van der Waals surface area contributed by atoms with Crippen molar-refractivity contribution in [3.05, 3.63) is 77.6 Å². The molecular weight excluding hydrogens is 474 g/mol. The Morgan fingerprint density at radius 3 is 2.68 bits per heavy atom. The monoisotopic (exact) mass is 499 g/mol. The van der Waals surface area contributed by atoms with Crippen LogP contribution in [0.5, 0.6) is 5.75 Å². The summed E-state index contributed by atoms with van der Waals surface area (Å²) in [5, 5.41) is 15.3. The number of rotatable bonds is 11. The van der Waals surface area contributed by atoms with E-state index in [-0.39, 0.29) is 17.6 Å². The average Bonchev–Trinajstić information content (AvgIpc) is 3.22. The third-order valence-electron chi connectivity index (χ3n) is 4.66. The van der Waals surface area contributed by atoms with Gasteiger partial charge in [-0.1, -0.05) is 35.5 Å². The largest absolute Gasteiger partial charge is 0.494 e. The summed E-state index contributed by atoms with van der Waals surface area (Å²) >= 11 is 7.24. The molecule has 2 amide bonds. The van der Waals surface area contributed by atoms with Crippen LogP contribution in [0.25, 0.3) is 0 Å². The van der Waals surface area contributed by atoms with E-state index >= 15 is 0 Å². The number of aromatic nitrogens is 3. The summed E-state index contributed by atoms with van der Waals surface area (Å²) < 4.78 is 7.23. The van der Waals surface area contributed by atoms with Crippen LogP contribution in [0.2, 0.25) is 5.02 Å². The maximum absolute atomic E-state index is 12.6. The molecule has 1 atom stereocenters. The number of thioether (sulfide) groups is 1. The number of hydrogen-bond acceptors (Lipinski definition) is 6. The van der Waals surface area contributed by atoms with Gasteiger partial charge in [0.05, 0.1) is 18.4 Å². The Morgan fingerprint density at radius 1 is 1.24 bits per heavy atom. The maximum Gasteiger partial charge on any atom is 0.251 e. The zero-order valence-electron chi connectivity index (χ0n) is 19.0. The number of benzene rings is 2. The lowest BCUT2D eigenvalue weighted by Gasteiger charge is -2.15. The average molecular weight is 500 g/mol. The molecule has 0 aliphatic carbocycles. The minimum atomic E-state index is -0.425. The molecule has 0 radical (unpaired) electrons. The smallest absolute Gasteiger partial charge is 0.251 e. The molecule has 0 aliphatic rings. The van der Waals surface area contributed by atoms with Crippen molar-refractivity contribution < 1.29 is 14.3 Å². The van der Waals surface area contributed by atoms with Crippen LogP contribution in [0, 0.1) is 0 Å². The summed E-state index contributed by atoms with van der Waals surface area (Å²) in [4.78, 5) is 25.0. The number of nitrogens with zero attached hydrogens (tertiary/aromatic N) is 3. The van der Waals surface area contributed by atoms with E-state index in [2.05, 4.69) is 27.4 Å². The highest BCUT2D eigenvalue weighted by Gasteiger charge is 2.20. The van der Waals surface area contributed by atoms with Crippen molar-refractivity contribution in [2.45, 2.75) is 31.6 Å². The molecule has 10 heteroatoms. The number of ether oxygens (including phenoxy) is 1. The third-order valence-corrected chi connectivity index (χ3v) is 5.86. The number of carbonyl (C=O) groups is 2. The van der Waals surface area contributed by atoms with Gasteiger partial charge in [0.25, 0.3) is 5.91 Å². The molecule has 1 aromatic heterocycles. The Kier molecular flexibility index (Phi) is 9.12. The van der Waals surface area contributed by atoms with E-state index in [4.69, 9.17) is 16.3 Å². The Morgan fingerprint density at radius 2 is 2.00 bits per heavy atom. The number of nitrogens with one attached hydrogen (secondary N) is 2. The normalized spacial score (nSPS) is 11.5. The standard InChI is InChI=1S/C24H26ClN5O3S/c1-4-13-30-22(16(3)26-23(32)17-7-6-8-18(25)14-17)28-29-24(30)34-15-21(31)27-19-9-11-20(12-10-19)33-5-2/h4,6-12,14,16H,1,5,13,15H2,2-3H3,(H,26,32)(H,27,31). The summed E-state index contributed by atoms with van der Waals surface area (Å²) in [7, 11) is 0. The first kappa shape index (κ1) is 25.3. The predicted octanol–water partition coefficient (Wildman–Crippen LogP) is 4.74. The van der Waals surface area contributed by atoms with Gasteiger partial charge in [-0.05, 0) is 56.3 Å². The highest BCUT2D eigenvalue weighted by Crippen LogP contribution is 2.22. The number of anilines is 1. The minimum Gasteiger partial charge on any atom is -0.494 e. The van der Waals surface area contributed by atoms with Crippen molar-refractivity contribution in [1.29, 1.82) is 0 Å². The molecule has 2 N–H and O–H groups in total. The van der Waals surface area contributed by atoms with E-state index in [0.29, 0.717) is 40.4 Å². The summed E-state index contributed by atoms with van der Waals surface area (Å²) in [5.74, 6) is 1.01. The van der Waals surface area contributed by atoms with Gasteiger partial charge in [-0.15, -0.1) is 16.8 Å². The van der Waals surface area contributed by atoms with Crippen LogP contribution in [0.1, 0.15) is 36.1 Å². The summed E-state index contributed by atoms with van der Waals surface area (Å²) in [6.07, 6.45) is 1.71. The summed E-state index contributed by atoms with van der Waals surface area (Å²) in [6, 6.07) is 13.5. The minimum absolute atomic E-state index is 0.145. The highest BCUT2D eigenvalue weighted by molar-refractivity contribution is 7.99. The van der Waals surface area contributed by atoms with Gasteiger partial charge in [-0.25, -0.2) is 0 Å². The van der Waals surface area contributed by atoms with E-state index in [9.17, 15) is 9.59 Å². The first-order valence-electron chi connectivity index (χ1n) is 10.7. The van der Waals surface area contributed by atoms with Gasteiger partial charge in [0.1, 0.15) is 5.75 Å². The lowest BCUT2D eigenvalue weighted by Crippen LogP contribution is -2.28. The Hall–Kier alpha value is -3.30. The summed E-state index contributed by atoms with van der Waals surface area (Å²) in [5.41, 5.74) is 1.13. The summed E-state index contributed by atoms with van der Waals surface area (Å²) in [6.45, 7) is 8.54. The molecule has 1 unspecified atom stereocenters. The predicted molar refractivity (Wildman–Crippen MR) is 135 cm³/mol. The maximum atomic E-state index is 12.6. The Bertz CT molecular complexity index is 1150. The van der Waals surface area contributed by atoms with Gasteiger partial charge in [0.15, 0.2) is 11.0 Å². The molecule has 1 heterocycles. The molecule has 0 saturated heterocycles. The number of allylic oxidation sites excluding steroid dienone is 1. The van der Waals surface area contributed by atoms with Gasteiger partial charge < -0.3 is 19.9 Å². The quantitative estimate of drug-likeness (QED) is 0.292. The van der Waals surface area contributed by atoms with E-state index < -0.39 is 6.04 Å². The molecule has 34 heavy (non-hydrogen) atoms. The van der Waals surface area contributed by atoms with Gasteiger partial charge >= 0.3 is 0 Å². The second kappa shape index (κ2) is 12.2. The topological polar surface area (TPSA) is 98.1 Å². The molecule has 2 aromatic carbocycles. The van der Waals surface area contributed by atoms with Crippen LogP contribution in [-0.4, -0.2) is 38.9 Å². The number of carbonyl (C=O) groups excluding carboxylic acids is 2. The van der Waals surface area contributed by atoms with Crippen molar-refractivity contribution in [3.63, 3.8) is 0 Å².